The van der Waals surface area contributed by atoms with Crippen molar-refractivity contribution in [1.82, 2.24) is 4.90 Å². The van der Waals surface area contributed by atoms with Gasteiger partial charge in [0.15, 0.2) is 0 Å². The van der Waals surface area contributed by atoms with Crippen LogP contribution in [0.3, 0.4) is 0 Å². The van der Waals surface area contributed by atoms with Gasteiger partial charge in [-0.25, -0.2) is 0 Å². The molecule has 156 valence electrons. The number of halogens is 2. The molecule has 0 bridgehead atoms. The first-order valence-electron chi connectivity index (χ1n) is 8.54. The second kappa shape index (κ2) is 9.55. The number of methoxy groups -OCH3 is 2. The molecule has 0 atom stereocenters. The highest BCUT2D eigenvalue weighted by Gasteiger charge is 2.36. The molecule has 1 aliphatic heterocycles. The van der Waals surface area contributed by atoms with Crippen LogP contribution in [0.4, 0.5) is 10.5 Å². The molecule has 2 aromatic rings. The SMILES string of the molecule is COc1ccc(/C=C2/SC(=O)N(CC(=O)Nc3ccc(Br)c(Cl)c3)C2=O)c(OC)c1. The maximum absolute atomic E-state index is 12.7. The molecule has 0 aromatic heterocycles. The Labute approximate surface area is 190 Å². The van der Waals surface area contributed by atoms with Crippen LogP contribution in [-0.4, -0.2) is 42.7 Å². The number of carbonyl (C=O) groups excluding carboxylic acids is 3. The van der Waals surface area contributed by atoms with E-state index in [1.807, 2.05) is 0 Å². The summed E-state index contributed by atoms with van der Waals surface area (Å²) in [5, 5.41) is 2.52. The molecular formula is C20H16BrClN2O5S. The van der Waals surface area contributed by atoms with E-state index in [-0.39, 0.29) is 4.91 Å². The molecule has 2 aromatic carbocycles. The third-order valence-electron chi connectivity index (χ3n) is 4.11. The molecule has 0 saturated carbocycles. The normalized spacial score (nSPS) is 14.9. The number of nitrogens with zero attached hydrogens (tertiary/aromatic N) is 1. The monoisotopic (exact) mass is 510 g/mol. The van der Waals surface area contributed by atoms with Crippen LogP contribution in [0.25, 0.3) is 6.08 Å². The van der Waals surface area contributed by atoms with Crippen LogP contribution in [0.5, 0.6) is 11.5 Å². The minimum absolute atomic E-state index is 0.197. The van der Waals surface area contributed by atoms with E-state index >= 15 is 0 Å². The van der Waals surface area contributed by atoms with Crippen LogP contribution < -0.4 is 14.8 Å². The molecule has 3 amide bonds. The summed E-state index contributed by atoms with van der Waals surface area (Å²) in [5.74, 6) is 0.0265. The van der Waals surface area contributed by atoms with Gasteiger partial charge in [0.25, 0.3) is 11.1 Å². The number of rotatable bonds is 6. The van der Waals surface area contributed by atoms with Crippen molar-refractivity contribution in [3.8, 4) is 11.5 Å². The topological polar surface area (TPSA) is 84.9 Å². The van der Waals surface area contributed by atoms with Crippen molar-refractivity contribution in [3.63, 3.8) is 0 Å². The summed E-state index contributed by atoms with van der Waals surface area (Å²) in [5.41, 5.74) is 1.07. The zero-order chi connectivity index (χ0) is 21.8. The average Bonchev–Trinajstić information content (AvgIpc) is 2.98. The average molecular weight is 512 g/mol. The highest BCUT2D eigenvalue weighted by molar-refractivity contribution is 9.10. The Hall–Kier alpha value is -2.49. The molecule has 0 aliphatic carbocycles. The molecule has 7 nitrogen and oxygen atoms in total. The van der Waals surface area contributed by atoms with Crippen molar-refractivity contribution in [2.75, 3.05) is 26.1 Å². The molecule has 0 spiro atoms. The maximum atomic E-state index is 12.7. The van der Waals surface area contributed by atoms with Gasteiger partial charge in [-0.2, -0.15) is 0 Å². The van der Waals surface area contributed by atoms with Crippen molar-refractivity contribution in [1.29, 1.82) is 0 Å². The lowest BCUT2D eigenvalue weighted by Crippen LogP contribution is -2.36. The van der Waals surface area contributed by atoms with Crippen molar-refractivity contribution < 1.29 is 23.9 Å². The smallest absolute Gasteiger partial charge is 0.294 e. The van der Waals surface area contributed by atoms with Gasteiger partial charge < -0.3 is 14.8 Å². The number of hydrogen-bond donors (Lipinski definition) is 1. The van der Waals surface area contributed by atoms with E-state index in [2.05, 4.69) is 21.2 Å². The Morgan fingerprint density at radius 1 is 1.20 bits per heavy atom. The zero-order valence-corrected chi connectivity index (χ0v) is 19.1. The fraction of sp³-hybridized carbons (Fsp3) is 0.150. The van der Waals surface area contributed by atoms with E-state index in [9.17, 15) is 14.4 Å². The third-order valence-corrected chi connectivity index (χ3v) is 6.25. The number of carbonyl (C=O) groups is 3. The van der Waals surface area contributed by atoms with Gasteiger partial charge in [-0.1, -0.05) is 11.6 Å². The second-order valence-electron chi connectivity index (χ2n) is 6.05. The number of ether oxygens (including phenoxy) is 2. The van der Waals surface area contributed by atoms with Crippen LogP contribution in [0, 0.1) is 0 Å². The number of nitrogens with one attached hydrogen (secondary N) is 1. The first-order valence-corrected chi connectivity index (χ1v) is 10.5. The summed E-state index contributed by atoms with van der Waals surface area (Å²) >= 11 is 10.0. The Bertz CT molecular complexity index is 1060. The minimum atomic E-state index is -0.549. The van der Waals surface area contributed by atoms with E-state index in [0.29, 0.717) is 32.2 Å². The van der Waals surface area contributed by atoms with Gasteiger partial charge in [0.05, 0.1) is 24.1 Å². The number of thioether (sulfide) groups is 1. The molecule has 1 N–H and O–H groups in total. The number of benzene rings is 2. The number of amides is 3. The molecule has 0 radical (unpaired) electrons. The van der Waals surface area contributed by atoms with Gasteiger partial charge in [-0.3, -0.25) is 19.3 Å². The molecule has 10 heteroatoms. The fourth-order valence-electron chi connectivity index (χ4n) is 2.63. The lowest BCUT2D eigenvalue weighted by atomic mass is 10.1. The van der Waals surface area contributed by atoms with E-state index in [4.69, 9.17) is 21.1 Å². The second-order valence-corrected chi connectivity index (χ2v) is 8.31. The van der Waals surface area contributed by atoms with Gasteiger partial charge in [-0.15, -0.1) is 0 Å². The first kappa shape index (κ1) is 22.2. The lowest BCUT2D eigenvalue weighted by molar-refractivity contribution is -0.127. The summed E-state index contributed by atoms with van der Waals surface area (Å²) < 4.78 is 11.2. The number of hydrogen-bond acceptors (Lipinski definition) is 6. The molecule has 3 rings (SSSR count). The van der Waals surface area contributed by atoms with Gasteiger partial charge in [0.1, 0.15) is 18.0 Å². The number of anilines is 1. The molecular weight excluding hydrogens is 496 g/mol. The van der Waals surface area contributed by atoms with Gasteiger partial charge in [-0.05, 0) is 64.1 Å². The van der Waals surface area contributed by atoms with Crippen molar-refractivity contribution in [3.05, 3.63) is 56.4 Å². The van der Waals surface area contributed by atoms with Crippen LogP contribution in [0.15, 0.2) is 45.8 Å². The van der Waals surface area contributed by atoms with Crippen LogP contribution >= 0.6 is 39.3 Å². The summed E-state index contributed by atoms with van der Waals surface area (Å²) in [6.07, 6.45) is 1.55. The fourth-order valence-corrected chi connectivity index (χ4v) is 3.89. The van der Waals surface area contributed by atoms with Gasteiger partial charge >= 0.3 is 0 Å². The Balaban J connectivity index is 1.73. The zero-order valence-electron chi connectivity index (χ0n) is 15.9. The van der Waals surface area contributed by atoms with Crippen LogP contribution in [0.1, 0.15) is 5.56 Å². The summed E-state index contributed by atoms with van der Waals surface area (Å²) in [6, 6.07) is 10.0. The molecule has 30 heavy (non-hydrogen) atoms. The van der Waals surface area contributed by atoms with E-state index in [1.165, 1.54) is 14.2 Å². The van der Waals surface area contributed by atoms with Gasteiger partial charge in [0.2, 0.25) is 5.91 Å². The summed E-state index contributed by atoms with van der Waals surface area (Å²) in [6.45, 7) is -0.407. The number of imide groups is 1. The van der Waals surface area contributed by atoms with Crippen molar-refractivity contribution >= 4 is 68.1 Å². The largest absolute Gasteiger partial charge is 0.497 e. The molecule has 1 aliphatic rings. The van der Waals surface area contributed by atoms with E-state index in [1.54, 1.807) is 42.5 Å². The Kier molecular flexibility index (Phi) is 7.06. The van der Waals surface area contributed by atoms with E-state index < -0.39 is 23.6 Å². The first-order chi connectivity index (χ1) is 14.3. The van der Waals surface area contributed by atoms with Crippen molar-refractivity contribution in [2.24, 2.45) is 0 Å². The predicted molar refractivity (Wildman–Crippen MR) is 120 cm³/mol. The molecule has 1 saturated heterocycles. The molecule has 1 heterocycles. The Morgan fingerprint density at radius 3 is 2.63 bits per heavy atom. The maximum Gasteiger partial charge on any atom is 0.294 e. The Morgan fingerprint density at radius 2 is 1.97 bits per heavy atom. The molecule has 1 fully saturated rings. The standard InChI is InChI=1S/C20H16BrClN2O5S/c1-28-13-5-3-11(16(9-13)29-2)7-17-19(26)24(20(27)30-17)10-18(25)23-12-4-6-14(21)15(22)8-12/h3-9H,10H2,1-2H3,(H,23,25)/b17-7+. The lowest BCUT2D eigenvalue weighted by Gasteiger charge is -2.13. The van der Waals surface area contributed by atoms with Crippen LogP contribution in [0.2, 0.25) is 5.02 Å². The minimum Gasteiger partial charge on any atom is -0.497 e. The summed E-state index contributed by atoms with van der Waals surface area (Å²) in [4.78, 5) is 38.4. The molecule has 0 unspecified atom stereocenters. The summed E-state index contributed by atoms with van der Waals surface area (Å²) in [7, 11) is 3.03. The van der Waals surface area contributed by atoms with E-state index in [0.717, 1.165) is 16.7 Å². The van der Waals surface area contributed by atoms with Gasteiger partial charge in [0, 0.05) is 21.8 Å². The van der Waals surface area contributed by atoms with Crippen LogP contribution in [-0.2, 0) is 9.59 Å². The third kappa shape index (κ3) is 4.97. The highest BCUT2D eigenvalue weighted by Crippen LogP contribution is 2.35. The quantitative estimate of drug-likeness (QED) is 0.561. The highest BCUT2D eigenvalue weighted by atomic mass is 79.9. The predicted octanol–water partition coefficient (Wildman–Crippen LogP) is 4.79. The van der Waals surface area contributed by atoms with Crippen molar-refractivity contribution in [2.45, 2.75) is 0 Å².